The van der Waals surface area contributed by atoms with Crippen LogP contribution in [0.2, 0.25) is 5.02 Å². The van der Waals surface area contributed by atoms with Crippen molar-refractivity contribution in [3.05, 3.63) is 161 Å². The molecule has 7 rings (SSSR count). The Bertz CT molecular complexity index is 1800. The first-order valence-electron chi connectivity index (χ1n) is 12.9. The zero-order valence-electron chi connectivity index (χ0n) is 20.7. The van der Waals surface area contributed by atoms with Crippen molar-refractivity contribution in [2.75, 3.05) is 0 Å². The van der Waals surface area contributed by atoms with Gasteiger partial charge >= 0.3 is 0 Å². The molecule has 2 heteroatoms. The van der Waals surface area contributed by atoms with Gasteiger partial charge < -0.3 is 0 Å². The minimum atomic E-state index is 0.743. The number of fused-ring (bicyclic) bond motifs is 3. The van der Waals surface area contributed by atoms with E-state index in [-0.39, 0.29) is 0 Å². The lowest BCUT2D eigenvalue weighted by molar-refractivity contribution is 1.58. The van der Waals surface area contributed by atoms with Crippen molar-refractivity contribution < 1.29 is 0 Å². The summed E-state index contributed by atoms with van der Waals surface area (Å²) in [6.07, 6.45) is 0. The number of benzene rings is 6. The highest BCUT2D eigenvalue weighted by molar-refractivity contribution is 6.81. The number of rotatable bonds is 4. The molecule has 1 aliphatic rings. The first-order chi connectivity index (χ1) is 18.8. The maximum absolute atomic E-state index is 6.31. The van der Waals surface area contributed by atoms with Gasteiger partial charge in [0.25, 0.3) is 0 Å². The van der Waals surface area contributed by atoms with Gasteiger partial charge in [-0.1, -0.05) is 150 Å². The van der Waals surface area contributed by atoms with Crippen molar-refractivity contribution in [1.29, 1.82) is 0 Å². The maximum atomic E-state index is 6.31. The lowest BCUT2D eigenvalue weighted by atomic mass is 9.61. The van der Waals surface area contributed by atoms with Crippen LogP contribution in [0.3, 0.4) is 0 Å². The summed E-state index contributed by atoms with van der Waals surface area (Å²) in [4.78, 5) is 0. The van der Waals surface area contributed by atoms with Gasteiger partial charge in [-0.15, -0.1) is 0 Å². The fourth-order valence-corrected chi connectivity index (χ4v) is 5.92. The molecule has 1 radical (unpaired) electrons. The molecule has 0 bridgehead atoms. The molecule has 0 aliphatic carbocycles. The molecule has 6 aromatic carbocycles. The summed E-state index contributed by atoms with van der Waals surface area (Å²) < 4.78 is 0. The van der Waals surface area contributed by atoms with Crippen LogP contribution in [0.1, 0.15) is 16.7 Å². The fraction of sp³-hybridized carbons (Fsp3) is 0. The predicted molar refractivity (Wildman–Crippen MR) is 164 cm³/mol. The van der Waals surface area contributed by atoms with Gasteiger partial charge in [-0.2, -0.15) is 0 Å². The summed E-state index contributed by atoms with van der Waals surface area (Å²) in [7, 11) is 2.39. The summed E-state index contributed by atoms with van der Waals surface area (Å²) in [6, 6.07) is 49.4. The molecule has 0 aromatic heterocycles. The van der Waals surface area contributed by atoms with Crippen LogP contribution in [0, 0.1) is 0 Å². The first kappa shape index (κ1) is 22.8. The monoisotopic (exact) mass is 501 g/mol. The van der Waals surface area contributed by atoms with E-state index in [4.69, 9.17) is 11.6 Å². The molecule has 0 fully saturated rings. The highest BCUT2D eigenvalue weighted by atomic mass is 35.5. The minimum absolute atomic E-state index is 0.743. The molecule has 0 amide bonds. The highest BCUT2D eigenvalue weighted by Crippen LogP contribution is 2.46. The quantitative estimate of drug-likeness (QED) is 0.211. The molecule has 0 saturated heterocycles. The van der Waals surface area contributed by atoms with Gasteiger partial charge in [0.15, 0.2) is 7.28 Å². The van der Waals surface area contributed by atoms with Crippen molar-refractivity contribution in [2.45, 2.75) is 0 Å². The van der Waals surface area contributed by atoms with E-state index in [1.54, 1.807) is 0 Å². The van der Waals surface area contributed by atoms with E-state index in [1.165, 1.54) is 60.7 Å². The van der Waals surface area contributed by atoms with Crippen molar-refractivity contribution in [2.24, 2.45) is 0 Å². The minimum Gasteiger partial charge on any atom is -0.0843 e. The molecule has 38 heavy (non-hydrogen) atoms. The lowest BCUT2D eigenvalue weighted by Gasteiger charge is -2.21. The number of hydrogen-bond donors (Lipinski definition) is 0. The Morgan fingerprint density at radius 2 is 0.868 bits per heavy atom. The van der Waals surface area contributed by atoms with Gasteiger partial charge in [-0.3, -0.25) is 0 Å². The highest BCUT2D eigenvalue weighted by Gasteiger charge is 2.31. The van der Waals surface area contributed by atoms with Gasteiger partial charge in [0, 0.05) is 5.02 Å². The Labute approximate surface area is 229 Å². The van der Waals surface area contributed by atoms with Crippen molar-refractivity contribution >= 4 is 46.2 Å². The van der Waals surface area contributed by atoms with E-state index in [0.717, 1.165) is 10.6 Å². The van der Waals surface area contributed by atoms with Crippen molar-refractivity contribution in [3.63, 3.8) is 0 Å². The Morgan fingerprint density at radius 1 is 0.395 bits per heavy atom. The molecule has 1 aliphatic heterocycles. The summed E-state index contributed by atoms with van der Waals surface area (Å²) in [5.74, 6) is 0. The van der Waals surface area contributed by atoms with Crippen LogP contribution in [0.5, 0.6) is 0 Å². The Hall–Kier alpha value is -4.33. The molecule has 0 N–H and O–H groups in total. The average Bonchev–Trinajstić information content (AvgIpc) is 3.39. The zero-order valence-corrected chi connectivity index (χ0v) is 21.5. The molecule has 0 saturated carbocycles. The van der Waals surface area contributed by atoms with Gasteiger partial charge in [0.1, 0.15) is 0 Å². The largest absolute Gasteiger partial charge is 0.194 e. The average molecular weight is 502 g/mol. The Balaban J connectivity index is 1.64. The first-order valence-corrected chi connectivity index (χ1v) is 13.3. The fourth-order valence-electron chi connectivity index (χ4n) is 5.79. The third-order valence-corrected chi connectivity index (χ3v) is 7.66. The molecule has 0 nitrogen and oxygen atoms in total. The van der Waals surface area contributed by atoms with Crippen molar-refractivity contribution in [1.82, 2.24) is 0 Å². The van der Waals surface area contributed by atoms with Crippen LogP contribution in [0.4, 0.5) is 0 Å². The summed E-state index contributed by atoms with van der Waals surface area (Å²) >= 11 is 6.31. The summed E-state index contributed by atoms with van der Waals surface area (Å²) in [5, 5.41) is 3.27. The molecular formula is C36H23BCl. The molecular weight excluding hydrogens is 479 g/mol. The van der Waals surface area contributed by atoms with Crippen molar-refractivity contribution in [3.8, 4) is 22.3 Å². The third kappa shape index (κ3) is 3.79. The topological polar surface area (TPSA) is 0 Å². The molecule has 177 valence electrons. The van der Waals surface area contributed by atoms with E-state index in [2.05, 4.69) is 135 Å². The van der Waals surface area contributed by atoms with Crippen LogP contribution in [0.15, 0.2) is 140 Å². The van der Waals surface area contributed by atoms with Crippen LogP contribution in [0.25, 0.3) is 44.1 Å². The zero-order chi connectivity index (χ0) is 25.5. The van der Waals surface area contributed by atoms with Crippen LogP contribution >= 0.6 is 11.6 Å². The second kappa shape index (κ2) is 9.52. The smallest absolute Gasteiger partial charge is 0.0843 e. The van der Waals surface area contributed by atoms with Gasteiger partial charge in [-0.25, -0.2) is 0 Å². The standard InChI is InChI=1S/C36H23BCl/c38-28-22-20-27(21-23-28)35-33(26-16-8-3-9-17-26)34-30-19-11-10-18-29(30)31(24-12-4-1-5-13-24)32(36(34)37-35)25-14-6-2-7-15-25/h1-23H. The van der Waals surface area contributed by atoms with E-state index in [0.29, 0.717) is 0 Å². The van der Waals surface area contributed by atoms with Gasteiger partial charge in [0.05, 0.1) is 0 Å². The molecule has 6 aromatic rings. The van der Waals surface area contributed by atoms with Gasteiger partial charge in [0.2, 0.25) is 0 Å². The van der Waals surface area contributed by atoms with E-state index >= 15 is 0 Å². The normalized spacial score (nSPS) is 12.4. The van der Waals surface area contributed by atoms with Crippen LogP contribution in [-0.4, -0.2) is 7.28 Å². The molecule has 0 atom stereocenters. The van der Waals surface area contributed by atoms with E-state index in [1.807, 2.05) is 12.1 Å². The molecule has 1 heterocycles. The Morgan fingerprint density at radius 3 is 1.45 bits per heavy atom. The van der Waals surface area contributed by atoms with Crippen LogP contribution < -0.4 is 5.46 Å². The third-order valence-electron chi connectivity index (χ3n) is 7.41. The van der Waals surface area contributed by atoms with E-state index in [9.17, 15) is 0 Å². The molecule has 0 unspecified atom stereocenters. The van der Waals surface area contributed by atoms with Gasteiger partial charge in [-0.05, 0) is 67.4 Å². The maximum Gasteiger partial charge on any atom is 0.194 e. The molecule has 0 spiro atoms. The number of hydrogen-bond acceptors (Lipinski definition) is 0. The van der Waals surface area contributed by atoms with Crippen LogP contribution in [-0.2, 0) is 0 Å². The summed E-state index contributed by atoms with van der Waals surface area (Å²) in [6.45, 7) is 0. The summed E-state index contributed by atoms with van der Waals surface area (Å²) in [5.41, 5.74) is 12.4. The second-order valence-corrected chi connectivity index (χ2v) is 10.1. The number of halogens is 1. The van der Waals surface area contributed by atoms with E-state index < -0.39 is 0 Å². The second-order valence-electron chi connectivity index (χ2n) is 9.62. The lowest BCUT2D eigenvalue weighted by Crippen LogP contribution is -2.19. The Kier molecular flexibility index (Phi) is 5.72. The predicted octanol–water partition coefficient (Wildman–Crippen LogP) is 9.09. The SMILES string of the molecule is Clc1ccc(C2=C(c3ccccc3)c3c(c(-c4ccccc4)c(-c4ccccc4)c4ccccc34)[B]2)cc1.